The lowest BCUT2D eigenvalue weighted by Crippen LogP contribution is -2.14. The minimum absolute atomic E-state index is 0.605. The molecule has 0 spiro atoms. The molecule has 0 saturated heterocycles. The first-order valence-corrected chi connectivity index (χ1v) is 7.30. The second-order valence-electron chi connectivity index (χ2n) is 5.20. The Morgan fingerprint density at radius 3 is 2.39 bits per heavy atom. The number of para-hydroxylation sites is 1. The number of benzene rings is 2. The van der Waals surface area contributed by atoms with Crippen molar-refractivity contribution in [1.29, 1.82) is 0 Å². The zero-order valence-electron chi connectivity index (χ0n) is 12.8. The number of hydrogen-bond donors (Lipinski definition) is 1. The second-order valence-corrected chi connectivity index (χ2v) is 5.20. The highest BCUT2D eigenvalue weighted by Crippen LogP contribution is 2.36. The zero-order chi connectivity index (χ0) is 16.2. The topological polar surface area (TPSA) is 59.2 Å². The van der Waals surface area contributed by atoms with Crippen molar-refractivity contribution in [1.82, 2.24) is 4.98 Å². The van der Waals surface area contributed by atoms with Crippen LogP contribution in [0, 0.1) is 0 Å². The van der Waals surface area contributed by atoms with Crippen LogP contribution in [0.5, 0.6) is 0 Å². The Hall–Kier alpha value is -3.14. The summed E-state index contributed by atoms with van der Waals surface area (Å²) in [5, 5.41) is 0. The highest BCUT2D eigenvalue weighted by atomic mass is 16.1. The molecule has 0 radical (unpaired) electrons. The summed E-state index contributed by atoms with van der Waals surface area (Å²) in [6.07, 6.45) is 2.59. The van der Waals surface area contributed by atoms with Crippen molar-refractivity contribution < 1.29 is 4.79 Å². The van der Waals surface area contributed by atoms with Gasteiger partial charge in [-0.3, -0.25) is 4.79 Å². The molecule has 2 aromatic carbocycles. The quantitative estimate of drug-likeness (QED) is 0.742. The molecule has 0 aliphatic carbocycles. The number of hydrogen-bond acceptors (Lipinski definition) is 4. The van der Waals surface area contributed by atoms with Gasteiger partial charge in [0.25, 0.3) is 0 Å². The van der Waals surface area contributed by atoms with Gasteiger partial charge >= 0.3 is 0 Å². The second kappa shape index (κ2) is 6.32. The van der Waals surface area contributed by atoms with Gasteiger partial charge in [0.15, 0.2) is 12.1 Å². The molecule has 1 heterocycles. The molecule has 0 saturated carbocycles. The summed E-state index contributed by atoms with van der Waals surface area (Å²) < 4.78 is 0. The van der Waals surface area contributed by atoms with Crippen LogP contribution < -0.4 is 10.6 Å². The first-order valence-electron chi connectivity index (χ1n) is 7.30. The van der Waals surface area contributed by atoms with Crippen LogP contribution in [0.2, 0.25) is 0 Å². The van der Waals surface area contributed by atoms with E-state index in [1.165, 1.54) is 0 Å². The summed E-state index contributed by atoms with van der Waals surface area (Å²) in [6, 6.07) is 19.1. The van der Waals surface area contributed by atoms with Crippen LogP contribution in [0.4, 0.5) is 17.2 Å². The normalized spacial score (nSPS) is 10.3. The highest BCUT2D eigenvalue weighted by molar-refractivity contribution is 5.93. The number of rotatable bonds is 4. The minimum Gasteiger partial charge on any atom is -0.396 e. The third kappa shape index (κ3) is 2.79. The summed E-state index contributed by atoms with van der Waals surface area (Å²) in [5.41, 5.74) is 10.1. The smallest absolute Gasteiger partial charge is 0.155 e. The lowest BCUT2D eigenvalue weighted by Gasteiger charge is -2.23. The fourth-order valence-electron chi connectivity index (χ4n) is 2.64. The van der Waals surface area contributed by atoms with E-state index < -0.39 is 0 Å². The molecule has 1 aromatic heterocycles. The third-order valence-corrected chi connectivity index (χ3v) is 3.78. The van der Waals surface area contributed by atoms with E-state index in [1.807, 2.05) is 66.5 Å². The van der Waals surface area contributed by atoms with Crippen molar-refractivity contribution in [3.05, 3.63) is 72.4 Å². The van der Waals surface area contributed by atoms with Crippen molar-refractivity contribution in [3.63, 3.8) is 0 Å². The van der Waals surface area contributed by atoms with Crippen LogP contribution in [0.25, 0.3) is 11.1 Å². The largest absolute Gasteiger partial charge is 0.396 e. The molecular formula is C19H17N3O. The number of pyridine rings is 1. The fourth-order valence-corrected chi connectivity index (χ4v) is 2.64. The molecule has 0 bridgehead atoms. The van der Waals surface area contributed by atoms with Crippen molar-refractivity contribution in [2.45, 2.75) is 0 Å². The van der Waals surface area contributed by atoms with E-state index in [-0.39, 0.29) is 0 Å². The predicted molar refractivity (Wildman–Crippen MR) is 94.0 cm³/mol. The van der Waals surface area contributed by atoms with E-state index in [0.29, 0.717) is 17.1 Å². The van der Waals surface area contributed by atoms with Gasteiger partial charge in [-0.15, -0.1) is 0 Å². The average Bonchev–Trinajstić information content (AvgIpc) is 2.61. The highest BCUT2D eigenvalue weighted by Gasteiger charge is 2.15. The summed E-state index contributed by atoms with van der Waals surface area (Å²) in [7, 11) is 1.92. The molecule has 0 fully saturated rings. The summed E-state index contributed by atoms with van der Waals surface area (Å²) >= 11 is 0. The van der Waals surface area contributed by atoms with Crippen molar-refractivity contribution >= 4 is 23.5 Å². The molecule has 114 valence electrons. The summed E-state index contributed by atoms with van der Waals surface area (Å²) in [5.74, 6) is 0.684. The zero-order valence-corrected chi connectivity index (χ0v) is 12.8. The molecule has 0 unspecified atom stereocenters. The summed E-state index contributed by atoms with van der Waals surface area (Å²) in [6.45, 7) is 0. The lowest BCUT2D eigenvalue weighted by atomic mass is 9.98. The molecule has 3 aromatic rings. The van der Waals surface area contributed by atoms with E-state index in [4.69, 9.17) is 5.73 Å². The fraction of sp³-hybridized carbons (Fsp3) is 0.0526. The van der Waals surface area contributed by atoms with E-state index >= 15 is 0 Å². The molecular weight excluding hydrogens is 286 g/mol. The van der Waals surface area contributed by atoms with Gasteiger partial charge in [0.05, 0.1) is 5.69 Å². The van der Waals surface area contributed by atoms with Gasteiger partial charge < -0.3 is 10.6 Å². The Kier molecular flexibility index (Phi) is 4.06. The summed E-state index contributed by atoms with van der Waals surface area (Å²) in [4.78, 5) is 17.7. The van der Waals surface area contributed by atoms with Crippen LogP contribution in [0.1, 0.15) is 10.4 Å². The van der Waals surface area contributed by atoms with Crippen LogP contribution >= 0.6 is 0 Å². The number of carbonyl (C=O) groups excluding carboxylic acids is 1. The van der Waals surface area contributed by atoms with E-state index in [9.17, 15) is 4.79 Å². The standard InChI is InChI=1S/C19H17N3O/c1-22(19-17(20)10-6-12-21-19)18-11-5-4-9-16(18)15-8-3-2-7-14(15)13-23/h2-13H,20H2,1H3. The Bertz CT molecular complexity index is 845. The van der Waals surface area contributed by atoms with Crippen molar-refractivity contribution in [2.24, 2.45) is 0 Å². The number of anilines is 3. The molecule has 0 atom stereocenters. The van der Waals surface area contributed by atoms with E-state index in [2.05, 4.69) is 4.98 Å². The van der Waals surface area contributed by atoms with Crippen LogP contribution in [-0.2, 0) is 0 Å². The Morgan fingerprint density at radius 1 is 0.957 bits per heavy atom. The van der Waals surface area contributed by atoms with E-state index in [0.717, 1.165) is 23.1 Å². The number of nitrogens with zero attached hydrogens (tertiary/aromatic N) is 2. The van der Waals surface area contributed by atoms with Crippen molar-refractivity contribution in [3.8, 4) is 11.1 Å². The van der Waals surface area contributed by atoms with Gasteiger partial charge in [-0.1, -0.05) is 42.5 Å². The minimum atomic E-state index is 0.605. The monoisotopic (exact) mass is 303 g/mol. The molecule has 0 aliphatic rings. The van der Waals surface area contributed by atoms with Gasteiger partial charge in [-0.2, -0.15) is 0 Å². The number of aromatic nitrogens is 1. The molecule has 4 heteroatoms. The number of nitrogens with two attached hydrogens (primary N) is 1. The van der Waals surface area contributed by atoms with Crippen LogP contribution in [0.3, 0.4) is 0 Å². The number of nitrogen functional groups attached to an aromatic ring is 1. The van der Waals surface area contributed by atoms with Gasteiger partial charge in [-0.25, -0.2) is 4.98 Å². The van der Waals surface area contributed by atoms with Crippen LogP contribution in [-0.4, -0.2) is 18.3 Å². The number of carbonyl (C=O) groups is 1. The molecule has 3 rings (SSSR count). The van der Waals surface area contributed by atoms with Crippen LogP contribution in [0.15, 0.2) is 66.9 Å². The Labute approximate surface area is 135 Å². The molecule has 2 N–H and O–H groups in total. The third-order valence-electron chi connectivity index (χ3n) is 3.78. The SMILES string of the molecule is CN(c1ccccc1-c1ccccc1C=O)c1ncccc1N. The first kappa shape index (κ1) is 14.8. The molecule has 4 nitrogen and oxygen atoms in total. The number of aldehydes is 1. The van der Waals surface area contributed by atoms with Gasteiger partial charge in [0.2, 0.25) is 0 Å². The van der Waals surface area contributed by atoms with Crippen molar-refractivity contribution in [2.75, 3.05) is 17.7 Å². The van der Waals surface area contributed by atoms with E-state index in [1.54, 1.807) is 12.3 Å². The first-order chi connectivity index (χ1) is 11.2. The Balaban J connectivity index is 2.15. The molecule has 0 amide bonds. The maximum Gasteiger partial charge on any atom is 0.155 e. The molecule has 0 aliphatic heterocycles. The predicted octanol–water partition coefficient (Wildman–Crippen LogP) is 3.91. The average molecular weight is 303 g/mol. The maximum absolute atomic E-state index is 11.4. The Morgan fingerprint density at radius 2 is 1.65 bits per heavy atom. The van der Waals surface area contributed by atoms with Gasteiger partial charge in [0, 0.05) is 30.1 Å². The van der Waals surface area contributed by atoms with Gasteiger partial charge in [0.1, 0.15) is 0 Å². The molecule has 23 heavy (non-hydrogen) atoms. The maximum atomic E-state index is 11.4. The lowest BCUT2D eigenvalue weighted by molar-refractivity contribution is 0.112. The van der Waals surface area contributed by atoms with Gasteiger partial charge in [-0.05, 0) is 23.8 Å².